The van der Waals surface area contributed by atoms with Crippen LogP contribution in [-0.4, -0.2) is 12.6 Å². The monoisotopic (exact) mass is 181 g/mol. The Kier molecular flexibility index (Phi) is 2.89. The van der Waals surface area contributed by atoms with Crippen LogP contribution in [0.5, 0.6) is 0 Å². The van der Waals surface area contributed by atoms with Crippen LogP contribution in [0.3, 0.4) is 0 Å². The third-order valence-corrected chi connectivity index (χ3v) is 3.81. The highest BCUT2D eigenvalue weighted by Crippen LogP contribution is 2.43. The van der Waals surface area contributed by atoms with E-state index in [0.29, 0.717) is 6.04 Å². The van der Waals surface area contributed by atoms with Crippen molar-refractivity contribution in [3.05, 3.63) is 5.92 Å². The average Bonchev–Trinajstić information content (AvgIpc) is 2.71. The predicted molar refractivity (Wildman–Crippen MR) is 55.0 cm³/mol. The second-order valence-electron chi connectivity index (χ2n) is 4.77. The van der Waals surface area contributed by atoms with Crippen molar-refractivity contribution in [2.24, 2.45) is 23.3 Å². The van der Waals surface area contributed by atoms with E-state index in [2.05, 4.69) is 0 Å². The summed E-state index contributed by atoms with van der Waals surface area (Å²) in [6.07, 6.45) is 7.78. The SMILES string of the molecule is NCC1CC[C](C2CCC(N)C2)C1. The van der Waals surface area contributed by atoms with Crippen LogP contribution in [-0.2, 0) is 0 Å². The maximum absolute atomic E-state index is 5.92. The molecular weight excluding hydrogens is 160 g/mol. The van der Waals surface area contributed by atoms with E-state index in [0.717, 1.165) is 18.4 Å². The van der Waals surface area contributed by atoms with Crippen molar-refractivity contribution >= 4 is 0 Å². The predicted octanol–water partition coefficient (Wildman–Crippen LogP) is 1.45. The van der Waals surface area contributed by atoms with Gasteiger partial charge in [-0.15, -0.1) is 0 Å². The van der Waals surface area contributed by atoms with Crippen LogP contribution in [0.25, 0.3) is 0 Å². The maximum Gasteiger partial charge on any atom is 0.00417 e. The number of hydrogen-bond acceptors (Lipinski definition) is 2. The summed E-state index contributed by atoms with van der Waals surface area (Å²) in [5, 5.41) is 0. The third kappa shape index (κ3) is 2.05. The summed E-state index contributed by atoms with van der Waals surface area (Å²) < 4.78 is 0. The summed E-state index contributed by atoms with van der Waals surface area (Å²) in [6.45, 7) is 0.877. The van der Waals surface area contributed by atoms with Gasteiger partial charge in [-0.3, -0.25) is 0 Å². The highest BCUT2D eigenvalue weighted by molar-refractivity contribution is 5.06. The average molecular weight is 181 g/mol. The van der Waals surface area contributed by atoms with E-state index in [1.54, 1.807) is 5.92 Å². The molecule has 2 saturated carbocycles. The molecular formula is C11H21N2. The van der Waals surface area contributed by atoms with Gasteiger partial charge in [-0.05, 0) is 62.8 Å². The molecule has 0 aliphatic heterocycles. The first-order valence-corrected chi connectivity index (χ1v) is 5.60. The van der Waals surface area contributed by atoms with Gasteiger partial charge in [0.15, 0.2) is 0 Å². The Morgan fingerprint density at radius 3 is 2.62 bits per heavy atom. The molecule has 0 bridgehead atoms. The molecule has 1 radical (unpaired) electrons. The zero-order valence-electron chi connectivity index (χ0n) is 8.34. The summed E-state index contributed by atoms with van der Waals surface area (Å²) in [4.78, 5) is 0. The molecule has 2 heteroatoms. The van der Waals surface area contributed by atoms with E-state index < -0.39 is 0 Å². The Morgan fingerprint density at radius 2 is 2.08 bits per heavy atom. The summed E-state index contributed by atoms with van der Waals surface area (Å²) in [6, 6.07) is 0.481. The third-order valence-electron chi connectivity index (χ3n) is 3.81. The van der Waals surface area contributed by atoms with E-state index >= 15 is 0 Å². The topological polar surface area (TPSA) is 52.0 Å². The molecule has 2 rings (SSSR count). The van der Waals surface area contributed by atoms with Gasteiger partial charge in [-0.2, -0.15) is 0 Å². The minimum Gasteiger partial charge on any atom is -0.330 e. The van der Waals surface area contributed by atoms with Gasteiger partial charge in [0.05, 0.1) is 0 Å². The summed E-state index contributed by atoms with van der Waals surface area (Å²) in [5.74, 6) is 3.42. The first-order chi connectivity index (χ1) is 6.29. The van der Waals surface area contributed by atoms with Crippen LogP contribution in [0.15, 0.2) is 0 Å². The Hall–Kier alpha value is -0.0800. The van der Waals surface area contributed by atoms with Gasteiger partial charge in [0, 0.05) is 6.04 Å². The van der Waals surface area contributed by atoms with Gasteiger partial charge >= 0.3 is 0 Å². The molecule has 0 spiro atoms. The molecule has 75 valence electrons. The lowest BCUT2D eigenvalue weighted by atomic mass is 9.88. The molecule has 0 aromatic rings. The molecule has 13 heavy (non-hydrogen) atoms. The fourth-order valence-electron chi connectivity index (χ4n) is 2.92. The van der Waals surface area contributed by atoms with Crippen LogP contribution in [0.4, 0.5) is 0 Å². The fraction of sp³-hybridized carbons (Fsp3) is 0.909. The summed E-state index contributed by atoms with van der Waals surface area (Å²) in [5.41, 5.74) is 11.6. The van der Waals surface area contributed by atoms with E-state index in [1.165, 1.54) is 38.5 Å². The Balaban J connectivity index is 1.82. The molecule has 0 heterocycles. The Labute approximate surface area is 81.1 Å². The highest BCUT2D eigenvalue weighted by atomic mass is 14.7. The lowest BCUT2D eigenvalue weighted by molar-refractivity contribution is 0.503. The number of hydrogen-bond donors (Lipinski definition) is 2. The maximum atomic E-state index is 5.92. The number of nitrogens with two attached hydrogens (primary N) is 2. The van der Waals surface area contributed by atoms with Gasteiger partial charge in [0.2, 0.25) is 0 Å². The quantitative estimate of drug-likeness (QED) is 0.677. The van der Waals surface area contributed by atoms with Gasteiger partial charge < -0.3 is 11.5 Å². The first kappa shape index (κ1) is 9.47. The lowest BCUT2D eigenvalue weighted by Crippen LogP contribution is -2.17. The van der Waals surface area contributed by atoms with Crippen LogP contribution in [0.2, 0.25) is 0 Å². The second-order valence-corrected chi connectivity index (χ2v) is 4.77. The van der Waals surface area contributed by atoms with Crippen molar-refractivity contribution in [3.63, 3.8) is 0 Å². The van der Waals surface area contributed by atoms with Crippen molar-refractivity contribution in [2.75, 3.05) is 6.54 Å². The largest absolute Gasteiger partial charge is 0.330 e. The standard InChI is InChI=1S/C11H21N2/c12-7-8-1-2-9(5-8)10-3-4-11(13)6-10/h8,10-11H,1-7,12-13H2. The van der Waals surface area contributed by atoms with Gasteiger partial charge in [0.25, 0.3) is 0 Å². The Bertz CT molecular complexity index is 169. The van der Waals surface area contributed by atoms with Crippen LogP contribution in [0.1, 0.15) is 38.5 Å². The molecule has 2 aliphatic rings. The Morgan fingerprint density at radius 1 is 1.23 bits per heavy atom. The van der Waals surface area contributed by atoms with Gasteiger partial charge in [0.1, 0.15) is 0 Å². The number of rotatable bonds is 2. The van der Waals surface area contributed by atoms with Crippen molar-refractivity contribution in [3.8, 4) is 0 Å². The summed E-state index contributed by atoms with van der Waals surface area (Å²) >= 11 is 0. The van der Waals surface area contributed by atoms with Crippen molar-refractivity contribution in [1.82, 2.24) is 0 Å². The second kappa shape index (κ2) is 3.97. The lowest BCUT2D eigenvalue weighted by Gasteiger charge is -2.17. The molecule has 0 saturated heterocycles. The molecule has 0 aromatic heterocycles. The smallest absolute Gasteiger partial charge is 0.00417 e. The van der Waals surface area contributed by atoms with Gasteiger partial charge in [-0.1, -0.05) is 0 Å². The van der Waals surface area contributed by atoms with Crippen LogP contribution < -0.4 is 11.5 Å². The molecule has 3 unspecified atom stereocenters. The molecule has 4 N–H and O–H groups in total. The summed E-state index contributed by atoms with van der Waals surface area (Å²) in [7, 11) is 0. The zero-order chi connectivity index (χ0) is 9.26. The van der Waals surface area contributed by atoms with E-state index in [1.807, 2.05) is 0 Å². The van der Waals surface area contributed by atoms with Crippen molar-refractivity contribution in [1.29, 1.82) is 0 Å². The minimum absolute atomic E-state index is 0.481. The normalized spacial score (nSPS) is 41.5. The molecule has 0 amide bonds. The fourth-order valence-corrected chi connectivity index (χ4v) is 2.92. The first-order valence-electron chi connectivity index (χ1n) is 5.60. The van der Waals surface area contributed by atoms with Crippen molar-refractivity contribution in [2.45, 2.75) is 44.6 Å². The molecule has 2 fully saturated rings. The van der Waals surface area contributed by atoms with E-state index in [-0.39, 0.29) is 0 Å². The van der Waals surface area contributed by atoms with Crippen LogP contribution >= 0.6 is 0 Å². The van der Waals surface area contributed by atoms with Gasteiger partial charge in [-0.25, -0.2) is 0 Å². The zero-order valence-corrected chi connectivity index (χ0v) is 8.34. The molecule has 2 aliphatic carbocycles. The van der Waals surface area contributed by atoms with E-state index in [4.69, 9.17) is 11.5 Å². The van der Waals surface area contributed by atoms with Crippen LogP contribution in [0, 0.1) is 17.8 Å². The highest BCUT2D eigenvalue weighted by Gasteiger charge is 2.34. The van der Waals surface area contributed by atoms with Crippen molar-refractivity contribution < 1.29 is 0 Å². The minimum atomic E-state index is 0.481. The molecule has 0 aromatic carbocycles. The molecule has 2 nitrogen and oxygen atoms in total. The van der Waals surface area contributed by atoms with E-state index in [9.17, 15) is 0 Å². The molecule has 3 atom stereocenters.